The molecule has 1 atom stereocenters. The summed E-state index contributed by atoms with van der Waals surface area (Å²) in [5.41, 5.74) is 1.31. The third-order valence-corrected chi connectivity index (χ3v) is 3.87. The number of hydrogen-bond donors (Lipinski definition) is 0. The Bertz CT molecular complexity index is 282. The molecule has 0 saturated heterocycles. The summed E-state index contributed by atoms with van der Waals surface area (Å²) in [7, 11) is 0. The minimum Gasteiger partial charge on any atom is -0.372 e. The zero-order valence-electron chi connectivity index (χ0n) is 8.86. The molecule has 0 N–H and O–H groups in total. The molecular formula is C13H17IO. The van der Waals surface area contributed by atoms with Crippen LogP contribution in [-0.4, -0.2) is 11.0 Å². The van der Waals surface area contributed by atoms with E-state index in [1.807, 2.05) is 0 Å². The zero-order valence-corrected chi connectivity index (χ0v) is 11.0. The van der Waals surface area contributed by atoms with Gasteiger partial charge in [-0.25, -0.2) is 0 Å². The number of benzene rings is 1. The van der Waals surface area contributed by atoms with Gasteiger partial charge in [0, 0.05) is 4.43 Å². The Morgan fingerprint density at radius 1 is 1.27 bits per heavy atom. The lowest BCUT2D eigenvalue weighted by Crippen LogP contribution is -2.19. The summed E-state index contributed by atoms with van der Waals surface area (Å²) >= 11 is 2.40. The van der Waals surface area contributed by atoms with Crippen LogP contribution in [0.3, 0.4) is 0 Å². The maximum atomic E-state index is 5.97. The molecule has 1 aromatic rings. The summed E-state index contributed by atoms with van der Waals surface area (Å²) in [6.07, 6.45) is 4.41. The highest BCUT2D eigenvalue weighted by Crippen LogP contribution is 2.29. The molecule has 1 nitrogen and oxygen atoms in total. The van der Waals surface area contributed by atoms with Gasteiger partial charge in [-0.3, -0.25) is 0 Å². The Morgan fingerprint density at radius 3 is 2.53 bits per heavy atom. The van der Waals surface area contributed by atoms with Crippen molar-refractivity contribution in [2.45, 2.75) is 25.4 Å². The molecule has 15 heavy (non-hydrogen) atoms. The Balaban J connectivity index is 1.86. The van der Waals surface area contributed by atoms with Gasteiger partial charge >= 0.3 is 0 Å². The molecule has 1 saturated carbocycles. The number of hydrogen-bond acceptors (Lipinski definition) is 1. The van der Waals surface area contributed by atoms with Gasteiger partial charge in [-0.1, -0.05) is 59.3 Å². The maximum absolute atomic E-state index is 5.97. The molecule has 1 unspecified atom stereocenters. The van der Waals surface area contributed by atoms with Crippen molar-refractivity contribution in [1.29, 1.82) is 0 Å². The number of ether oxygens (including phenoxy) is 1. The fourth-order valence-corrected chi connectivity index (χ4v) is 2.57. The van der Waals surface area contributed by atoms with Gasteiger partial charge in [0.15, 0.2) is 0 Å². The SMILES string of the molecule is ICC(OCC1CCC1)c1ccccc1. The summed E-state index contributed by atoms with van der Waals surface area (Å²) in [5, 5.41) is 0. The monoisotopic (exact) mass is 316 g/mol. The lowest BCUT2D eigenvalue weighted by Gasteiger charge is -2.27. The smallest absolute Gasteiger partial charge is 0.0914 e. The van der Waals surface area contributed by atoms with Crippen LogP contribution in [0.1, 0.15) is 30.9 Å². The molecule has 1 aliphatic carbocycles. The number of alkyl halides is 1. The van der Waals surface area contributed by atoms with Gasteiger partial charge in [-0.15, -0.1) is 0 Å². The van der Waals surface area contributed by atoms with Crippen LogP contribution < -0.4 is 0 Å². The predicted molar refractivity (Wildman–Crippen MR) is 71.4 cm³/mol. The van der Waals surface area contributed by atoms with Crippen molar-refractivity contribution in [2.75, 3.05) is 11.0 Å². The van der Waals surface area contributed by atoms with E-state index < -0.39 is 0 Å². The van der Waals surface area contributed by atoms with Crippen LogP contribution in [0.4, 0.5) is 0 Å². The highest BCUT2D eigenvalue weighted by atomic mass is 127. The third-order valence-electron chi connectivity index (χ3n) is 3.07. The van der Waals surface area contributed by atoms with Crippen molar-refractivity contribution in [3.63, 3.8) is 0 Å². The highest BCUT2D eigenvalue weighted by molar-refractivity contribution is 14.1. The maximum Gasteiger partial charge on any atom is 0.0914 e. The quantitative estimate of drug-likeness (QED) is 0.590. The average Bonchev–Trinajstić information content (AvgIpc) is 2.23. The van der Waals surface area contributed by atoms with E-state index in [2.05, 4.69) is 52.9 Å². The van der Waals surface area contributed by atoms with Gasteiger partial charge in [0.25, 0.3) is 0 Å². The summed E-state index contributed by atoms with van der Waals surface area (Å²) in [6.45, 7) is 0.947. The first-order valence-electron chi connectivity index (χ1n) is 5.62. The molecule has 1 aliphatic rings. The van der Waals surface area contributed by atoms with Crippen molar-refractivity contribution < 1.29 is 4.74 Å². The van der Waals surface area contributed by atoms with Gasteiger partial charge in [-0.2, -0.15) is 0 Å². The van der Waals surface area contributed by atoms with Crippen LogP contribution in [0.5, 0.6) is 0 Å². The van der Waals surface area contributed by atoms with Crippen molar-refractivity contribution in [1.82, 2.24) is 0 Å². The van der Waals surface area contributed by atoms with Crippen LogP contribution in [0.2, 0.25) is 0 Å². The Morgan fingerprint density at radius 2 is 2.00 bits per heavy atom. The van der Waals surface area contributed by atoms with Crippen LogP contribution in [-0.2, 0) is 4.74 Å². The van der Waals surface area contributed by atoms with Gasteiger partial charge in [0.2, 0.25) is 0 Å². The van der Waals surface area contributed by atoms with E-state index in [-0.39, 0.29) is 6.10 Å². The van der Waals surface area contributed by atoms with Crippen LogP contribution in [0.15, 0.2) is 30.3 Å². The van der Waals surface area contributed by atoms with E-state index >= 15 is 0 Å². The first kappa shape index (κ1) is 11.4. The largest absolute Gasteiger partial charge is 0.372 e. The Labute approximate surface area is 105 Å². The minimum atomic E-state index is 0.285. The molecule has 1 aromatic carbocycles. The number of halogens is 1. The summed E-state index contributed by atoms with van der Waals surface area (Å²) in [4.78, 5) is 0. The summed E-state index contributed by atoms with van der Waals surface area (Å²) in [6, 6.07) is 10.5. The fraction of sp³-hybridized carbons (Fsp3) is 0.538. The molecular weight excluding hydrogens is 299 g/mol. The summed E-state index contributed by atoms with van der Waals surface area (Å²) in [5.74, 6) is 0.833. The Hall–Kier alpha value is -0.0900. The third kappa shape index (κ3) is 3.18. The number of rotatable bonds is 5. The molecule has 2 rings (SSSR count). The second-order valence-corrected chi connectivity index (χ2v) is 5.06. The van der Waals surface area contributed by atoms with Crippen molar-refractivity contribution >= 4 is 22.6 Å². The van der Waals surface area contributed by atoms with E-state index in [1.165, 1.54) is 24.8 Å². The first-order chi connectivity index (χ1) is 7.40. The molecule has 82 valence electrons. The van der Waals surface area contributed by atoms with E-state index in [0.717, 1.165) is 17.0 Å². The minimum absolute atomic E-state index is 0.285. The van der Waals surface area contributed by atoms with E-state index in [4.69, 9.17) is 4.74 Å². The van der Waals surface area contributed by atoms with E-state index in [0.29, 0.717) is 0 Å². The van der Waals surface area contributed by atoms with Crippen LogP contribution >= 0.6 is 22.6 Å². The molecule has 0 radical (unpaired) electrons. The zero-order chi connectivity index (χ0) is 10.5. The van der Waals surface area contributed by atoms with Crippen LogP contribution in [0, 0.1) is 5.92 Å². The van der Waals surface area contributed by atoms with Gasteiger partial charge in [0.05, 0.1) is 12.7 Å². The summed E-state index contributed by atoms with van der Waals surface area (Å²) < 4.78 is 7.01. The lowest BCUT2D eigenvalue weighted by atomic mass is 9.86. The normalized spacial score (nSPS) is 18.5. The molecule has 2 heteroatoms. The van der Waals surface area contributed by atoms with E-state index in [9.17, 15) is 0 Å². The fourth-order valence-electron chi connectivity index (χ4n) is 1.81. The molecule has 1 fully saturated rings. The second-order valence-electron chi connectivity index (χ2n) is 4.18. The van der Waals surface area contributed by atoms with Crippen molar-refractivity contribution in [3.8, 4) is 0 Å². The standard InChI is InChI=1S/C13H17IO/c14-9-13(12-7-2-1-3-8-12)15-10-11-5-4-6-11/h1-3,7-8,11,13H,4-6,9-10H2. The van der Waals surface area contributed by atoms with E-state index in [1.54, 1.807) is 0 Å². The lowest BCUT2D eigenvalue weighted by molar-refractivity contribution is 0.0232. The molecule has 0 heterocycles. The molecule has 0 spiro atoms. The molecule has 0 aromatic heterocycles. The first-order valence-corrected chi connectivity index (χ1v) is 7.15. The van der Waals surface area contributed by atoms with Gasteiger partial charge in [0.1, 0.15) is 0 Å². The highest BCUT2D eigenvalue weighted by Gasteiger charge is 2.19. The van der Waals surface area contributed by atoms with Gasteiger partial charge < -0.3 is 4.74 Å². The molecule has 0 amide bonds. The van der Waals surface area contributed by atoms with Gasteiger partial charge in [-0.05, 0) is 24.3 Å². The topological polar surface area (TPSA) is 9.23 Å². The molecule has 0 aliphatic heterocycles. The average molecular weight is 316 g/mol. The second kappa shape index (κ2) is 5.85. The van der Waals surface area contributed by atoms with Crippen LogP contribution in [0.25, 0.3) is 0 Å². The Kier molecular flexibility index (Phi) is 4.44. The van der Waals surface area contributed by atoms with Crippen molar-refractivity contribution in [3.05, 3.63) is 35.9 Å². The van der Waals surface area contributed by atoms with Crippen molar-refractivity contribution in [2.24, 2.45) is 5.92 Å². The molecule has 0 bridgehead atoms. The predicted octanol–water partition coefficient (Wildman–Crippen LogP) is 3.98.